The Morgan fingerprint density at radius 1 is 1.05 bits per heavy atom. The molecular formula is C28H28N6O4. The van der Waals surface area contributed by atoms with Crippen LogP contribution in [0.2, 0.25) is 0 Å². The van der Waals surface area contributed by atoms with Crippen LogP contribution in [-0.2, 0) is 11.3 Å². The SMILES string of the molecule is Cc1cnc(Nc2cnn(C3CCN(C(=O)OCc4ccccc4)CC3)c2)nc1-c1ccc(C(=O)O)cc1. The number of nitrogens with zero attached hydrogens (tertiary/aromatic N) is 5. The van der Waals surface area contributed by atoms with E-state index < -0.39 is 5.97 Å². The Hall–Kier alpha value is -4.73. The molecule has 2 aromatic heterocycles. The molecule has 1 fully saturated rings. The van der Waals surface area contributed by atoms with Crippen molar-refractivity contribution in [1.82, 2.24) is 24.6 Å². The van der Waals surface area contributed by atoms with Gasteiger partial charge in [0.05, 0.1) is 29.2 Å². The summed E-state index contributed by atoms with van der Waals surface area (Å²) in [6, 6.07) is 16.4. The van der Waals surface area contributed by atoms with Crippen molar-refractivity contribution >= 4 is 23.7 Å². The quantitative estimate of drug-likeness (QED) is 0.352. The maximum absolute atomic E-state index is 12.5. The number of likely N-dealkylation sites (tertiary alicyclic amines) is 1. The first-order valence-corrected chi connectivity index (χ1v) is 12.4. The molecule has 1 aliphatic heterocycles. The Balaban J connectivity index is 1.17. The van der Waals surface area contributed by atoms with Crippen molar-refractivity contribution in [1.29, 1.82) is 0 Å². The molecule has 0 atom stereocenters. The number of hydrogen-bond acceptors (Lipinski definition) is 7. The molecule has 194 valence electrons. The molecule has 10 heteroatoms. The van der Waals surface area contributed by atoms with Gasteiger partial charge in [0.15, 0.2) is 0 Å². The fraction of sp³-hybridized carbons (Fsp3) is 0.250. The third-order valence-corrected chi connectivity index (χ3v) is 6.54. The van der Waals surface area contributed by atoms with Crippen molar-refractivity contribution in [3.63, 3.8) is 0 Å². The monoisotopic (exact) mass is 512 g/mol. The number of aromatic nitrogens is 4. The van der Waals surface area contributed by atoms with Crippen molar-refractivity contribution in [3.05, 3.63) is 89.9 Å². The van der Waals surface area contributed by atoms with Gasteiger partial charge in [-0.3, -0.25) is 4.68 Å². The molecule has 2 N–H and O–H groups in total. The molecule has 3 heterocycles. The lowest BCUT2D eigenvalue weighted by Crippen LogP contribution is -2.39. The van der Waals surface area contributed by atoms with Gasteiger partial charge in [-0.1, -0.05) is 42.5 Å². The van der Waals surface area contributed by atoms with Gasteiger partial charge in [-0.25, -0.2) is 19.6 Å². The van der Waals surface area contributed by atoms with Gasteiger partial charge >= 0.3 is 12.1 Å². The third kappa shape index (κ3) is 5.80. The number of aryl methyl sites for hydroxylation is 1. The summed E-state index contributed by atoms with van der Waals surface area (Å²) in [5, 5.41) is 16.9. The van der Waals surface area contributed by atoms with Crippen LogP contribution in [0.15, 0.2) is 73.2 Å². The number of piperidine rings is 1. The number of carboxylic acid groups (broad SMARTS) is 1. The molecule has 1 amide bonds. The summed E-state index contributed by atoms with van der Waals surface area (Å²) in [7, 11) is 0. The molecule has 0 aliphatic carbocycles. The van der Waals surface area contributed by atoms with E-state index in [1.165, 1.54) is 0 Å². The number of amides is 1. The third-order valence-electron chi connectivity index (χ3n) is 6.54. The lowest BCUT2D eigenvalue weighted by Gasteiger charge is -2.31. The van der Waals surface area contributed by atoms with Gasteiger partial charge in [0.1, 0.15) is 6.61 Å². The Morgan fingerprint density at radius 3 is 2.50 bits per heavy atom. The van der Waals surface area contributed by atoms with Crippen LogP contribution < -0.4 is 5.32 Å². The van der Waals surface area contributed by atoms with Gasteiger partial charge in [-0.2, -0.15) is 5.10 Å². The van der Waals surface area contributed by atoms with E-state index in [1.54, 1.807) is 41.6 Å². The standard InChI is InChI=1S/C28H28N6O4/c1-19-15-29-27(32-25(19)21-7-9-22(10-8-21)26(35)36)31-23-16-30-34(17-23)24-11-13-33(14-12-24)28(37)38-18-20-5-3-2-4-6-20/h2-10,15-17,24H,11-14,18H2,1H3,(H,35,36)(H,29,31,32). The normalized spacial score (nSPS) is 13.8. The Morgan fingerprint density at radius 2 is 1.79 bits per heavy atom. The van der Waals surface area contributed by atoms with Crippen molar-refractivity contribution < 1.29 is 19.4 Å². The summed E-state index contributed by atoms with van der Waals surface area (Å²) in [5.74, 6) is -0.549. The number of nitrogens with one attached hydrogen (secondary N) is 1. The number of rotatable bonds is 7. The van der Waals surface area contributed by atoms with Crippen molar-refractivity contribution in [2.45, 2.75) is 32.4 Å². The number of hydrogen-bond donors (Lipinski definition) is 2. The lowest BCUT2D eigenvalue weighted by atomic mass is 10.1. The smallest absolute Gasteiger partial charge is 0.410 e. The van der Waals surface area contributed by atoms with Gasteiger partial charge in [0, 0.05) is 31.0 Å². The van der Waals surface area contributed by atoms with Crippen molar-refractivity contribution in [3.8, 4) is 11.3 Å². The molecule has 1 aliphatic rings. The zero-order valence-corrected chi connectivity index (χ0v) is 20.9. The second-order valence-corrected chi connectivity index (χ2v) is 9.20. The molecule has 2 aromatic carbocycles. The maximum atomic E-state index is 12.5. The van der Waals surface area contributed by atoms with E-state index in [2.05, 4.69) is 20.4 Å². The van der Waals surface area contributed by atoms with Crippen molar-refractivity contribution in [2.75, 3.05) is 18.4 Å². The topological polar surface area (TPSA) is 122 Å². The summed E-state index contributed by atoms with van der Waals surface area (Å²) in [5.41, 5.74) is 4.35. The van der Waals surface area contributed by atoms with Crippen LogP contribution in [-0.4, -0.2) is 54.9 Å². The van der Waals surface area contributed by atoms with E-state index in [0.29, 0.717) is 19.0 Å². The number of benzene rings is 2. The van der Waals surface area contributed by atoms with Crippen LogP contribution in [0.4, 0.5) is 16.4 Å². The predicted octanol–water partition coefficient (Wildman–Crippen LogP) is 5.06. The van der Waals surface area contributed by atoms with Crippen LogP contribution in [0.25, 0.3) is 11.3 Å². The molecule has 0 radical (unpaired) electrons. The van der Waals surface area contributed by atoms with E-state index >= 15 is 0 Å². The fourth-order valence-corrected chi connectivity index (χ4v) is 4.42. The molecule has 5 rings (SSSR count). The number of carbonyl (C=O) groups excluding carboxylic acids is 1. The highest BCUT2D eigenvalue weighted by Gasteiger charge is 2.25. The maximum Gasteiger partial charge on any atom is 0.410 e. The van der Waals surface area contributed by atoms with Crippen LogP contribution in [0.1, 0.15) is 40.4 Å². The molecule has 0 bridgehead atoms. The number of carboxylic acids is 1. The molecule has 4 aromatic rings. The van der Waals surface area contributed by atoms with Gasteiger partial charge in [-0.05, 0) is 43.0 Å². The molecule has 10 nitrogen and oxygen atoms in total. The number of ether oxygens (including phenoxy) is 1. The first-order valence-electron chi connectivity index (χ1n) is 12.4. The average Bonchev–Trinajstić information content (AvgIpc) is 3.42. The van der Waals surface area contributed by atoms with Crippen LogP contribution in [0, 0.1) is 6.92 Å². The van der Waals surface area contributed by atoms with Crippen molar-refractivity contribution in [2.24, 2.45) is 0 Å². The highest BCUT2D eigenvalue weighted by atomic mass is 16.6. The highest BCUT2D eigenvalue weighted by molar-refractivity contribution is 5.88. The van der Waals surface area contributed by atoms with Gasteiger partial charge < -0.3 is 20.1 Å². The lowest BCUT2D eigenvalue weighted by molar-refractivity contribution is 0.0696. The summed E-state index contributed by atoms with van der Waals surface area (Å²) in [6.07, 6.45) is 6.63. The minimum atomic E-state index is -0.969. The van der Waals surface area contributed by atoms with Gasteiger partial charge in [0.25, 0.3) is 0 Å². The first-order chi connectivity index (χ1) is 18.5. The number of aromatic carboxylic acids is 1. The fourth-order valence-electron chi connectivity index (χ4n) is 4.42. The Bertz CT molecular complexity index is 1410. The van der Waals surface area contributed by atoms with Crippen LogP contribution in [0.5, 0.6) is 0 Å². The van der Waals surface area contributed by atoms with E-state index in [4.69, 9.17) is 9.84 Å². The summed E-state index contributed by atoms with van der Waals surface area (Å²) >= 11 is 0. The molecule has 0 spiro atoms. The number of carbonyl (C=O) groups is 2. The number of anilines is 2. The molecule has 0 saturated carbocycles. The summed E-state index contributed by atoms with van der Waals surface area (Å²) in [4.78, 5) is 34.4. The van der Waals surface area contributed by atoms with Gasteiger partial charge in [-0.15, -0.1) is 0 Å². The minimum Gasteiger partial charge on any atom is -0.478 e. The van der Waals surface area contributed by atoms with Crippen LogP contribution >= 0.6 is 0 Å². The zero-order chi connectivity index (χ0) is 26.5. The predicted molar refractivity (Wildman–Crippen MR) is 141 cm³/mol. The first kappa shape index (κ1) is 24.9. The molecule has 1 saturated heterocycles. The van der Waals surface area contributed by atoms with E-state index in [9.17, 15) is 9.59 Å². The average molecular weight is 513 g/mol. The summed E-state index contributed by atoms with van der Waals surface area (Å²) < 4.78 is 7.37. The Labute approximate surface area is 219 Å². The highest BCUT2D eigenvalue weighted by Crippen LogP contribution is 2.26. The Kier molecular flexibility index (Phi) is 7.30. The second-order valence-electron chi connectivity index (χ2n) is 9.20. The van der Waals surface area contributed by atoms with Crippen LogP contribution in [0.3, 0.4) is 0 Å². The second kappa shape index (κ2) is 11.1. The minimum absolute atomic E-state index is 0.172. The van der Waals surface area contributed by atoms with E-state index in [-0.39, 0.29) is 24.3 Å². The summed E-state index contributed by atoms with van der Waals surface area (Å²) in [6.45, 7) is 3.38. The molecule has 38 heavy (non-hydrogen) atoms. The zero-order valence-electron chi connectivity index (χ0n) is 20.9. The van der Waals surface area contributed by atoms with Gasteiger partial charge in [0.2, 0.25) is 5.95 Å². The molecular weight excluding hydrogens is 484 g/mol. The van der Waals surface area contributed by atoms with E-state index in [1.807, 2.05) is 48.1 Å². The van der Waals surface area contributed by atoms with E-state index in [0.717, 1.165) is 40.9 Å². The largest absolute Gasteiger partial charge is 0.478 e. The molecule has 0 unspecified atom stereocenters.